The zero-order valence-corrected chi connectivity index (χ0v) is 9.73. The van der Waals surface area contributed by atoms with Crippen LogP contribution in [-0.4, -0.2) is 9.17 Å². The van der Waals surface area contributed by atoms with Crippen molar-refractivity contribution < 1.29 is 0 Å². The number of halogens is 4. The van der Waals surface area contributed by atoms with E-state index in [1.54, 1.807) is 0 Å². The van der Waals surface area contributed by atoms with E-state index < -0.39 is 3.79 Å². The normalized spacial score (nSPS) is 33.0. The molecule has 0 heterocycles. The van der Waals surface area contributed by atoms with Gasteiger partial charge in [-0.1, -0.05) is 54.1 Å². The highest BCUT2D eigenvalue weighted by Gasteiger charge is 2.37. The van der Waals surface area contributed by atoms with E-state index >= 15 is 0 Å². The second kappa shape index (κ2) is 4.59. The lowest BCUT2D eigenvalue weighted by Crippen LogP contribution is -2.27. The van der Waals surface area contributed by atoms with Crippen LogP contribution in [0.15, 0.2) is 0 Å². The highest BCUT2D eigenvalue weighted by Crippen LogP contribution is 2.44. The van der Waals surface area contributed by atoms with Crippen molar-refractivity contribution in [3.63, 3.8) is 0 Å². The minimum atomic E-state index is -1.18. The second-order valence-electron chi connectivity index (χ2n) is 3.30. The Hall–Kier alpha value is 1.16. The van der Waals surface area contributed by atoms with Gasteiger partial charge in [0.2, 0.25) is 0 Å². The maximum Gasteiger partial charge on any atom is 0.194 e. The molecule has 72 valence electrons. The fraction of sp³-hybridized carbons (Fsp3) is 1.00. The van der Waals surface area contributed by atoms with Crippen LogP contribution in [0.3, 0.4) is 0 Å². The van der Waals surface area contributed by atoms with Crippen LogP contribution < -0.4 is 0 Å². The molecule has 1 aliphatic rings. The van der Waals surface area contributed by atoms with Gasteiger partial charge in [-0.15, -0.1) is 11.6 Å². The van der Waals surface area contributed by atoms with Crippen LogP contribution in [0.1, 0.15) is 32.1 Å². The topological polar surface area (TPSA) is 0 Å². The predicted octanol–water partition coefficient (Wildman–Crippen LogP) is 4.54. The van der Waals surface area contributed by atoms with Gasteiger partial charge in [-0.2, -0.15) is 0 Å². The molecule has 0 bridgehead atoms. The molecule has 0 aromatic carbocycles. The molecular weight excluding hydrogens is 238 g/mol. The summed E-state index contributed by atoms with van der Waals surface area (Å²) < 4.78 is -1.18. The lowest BCUT2D eigenvalue weighted by Gasteiger charge is -2.26. The van der Waals surface area contributed by atoms with Crippen molar-refractivity contribution in [3.05, 3.63) is 0 Å². The Morgan fingerprint density at radius 3 is 2.08 bits per heavy atom. The van der Waals surface area contributed by atoms with E-state index in [9.17, 15) is 0 Å². The standard InChI is InChI=1S/C8H12Cl4/c9-7-5-3-1-2-4-6(7)8(10,11)12/h6-7H,1-5H2. The van der Waals surface area contributed by atoms with Gasteiger partial charge in [0.1, 0.15) is 0 Å². The summed E-state index contributed by atoms with van der Waals surface area (Å²) in [7, 11) is 0. The lowest BCUT2D eigenvalue weighted by atomic mass is 10.0. The Kier molecular flexibility index (Phi) is 4.30. The molecule has 1 saturated carbocycles. The number of hydrogen-bond donors (Lipinski definition) is 0. The van der Waals surface area contributed by atoms with E-state index in [1.165, 1.54) is 6.42 Å². The molecule has 0 saturated heterocycles. The van der Waals surface area contributed by atoms with Crippen molar-refractivity contribution in [2.75, 3.05) is 0 Å². The average Bonchev–Trinajstić information content (AvgIpc) is 2.11. The summed E-state index contributed by atoms with van der Waals surface area (Å²) in [6, 6.07) is 0. The molecule has 0 radical (unpaired) electrons. The van der Waals surface area contributed by atoms with Gasteiger partial charge in [0.05, 0.1) is 0 Å². The van der Waals surface area contributed by atoms with E-state index in [0.29, 0.717) is 0 Å². The van der Waals surface area contributed by atoms with E-state index in [0.717, 1.165) is 25.7 Å². The fourth-order valence-corrected chi connectivity index (χ4v) is 3.08. The smallest absolute Gasteiger partial charge is 0.123 e. The van der Waals surface area contributed by atoms with Gasteiger partial charge in [-0.05, 0) is 12.8 Å². The molecule has 0 nitrogen and oxygen atoms in total. The van der Waals surface area contributed by atoms with Crippen LogP contribution >= 0.6 is 46.4 Å². The molecule has 0 N–H and O–H groups in total. The zero-order chi connectivity index (χ0) is 9.19. The number of rotatable bonds is 0. The molecule has 2 unspecified atom stereocenters. The first kappa shape index (κ1) is 11.2. The molecule has 2 atom stereocenters. The van der Waals surface area contributed by atoms with Crippen LogP contribution in [0.4, 0.5) is 0 Å². The fourth-order valence-electron chi connectivity index (χ4n) is 1.63. The van der Waals surface area contributed by atoms with Crippen LogP contribution in [0.5, 0.6) is 0 Å². The van der Waals surface area contributed by atoms with Crippen molar-refractivity contribution in [1.29, 1.82) is 0 Å². The second-order valence-corrected chi connectivity index (χ2v) is 6.23. The molecule has 1 fully saturated rings. The average molecular weight is 250 g/mol. The lowest BCUT2D eigenvalue weighted by molar-refractivity contribution is 0.476. The molecule has 0 aromatic rings. The van der Waals surface area contributed by atoms with E-state index in [4.69, 9.17) is 46.4 Å². The minimum absolute atomic E-state index is 0.0201. The highest BCUT2D eigenvalue weighted by molar-refractivity contribution is 6.67. The van der Waals surface area contributed by atoms with E-state index in [1.807, 2.05) is 0 Å². The molecule has 0 spiro atoms. The van der Waals surface area contributed by atoms with Crippen molar-refractivity contribution in [2.24, 2.45) is 5.92 Å². The summed E-state index contributed by atoms with van der Waals surface area (Å²) in [6.45, 7) is 0. The van der Waals surface area contributed by atoms with Gasteiger partial charge in [-0.3, -0.25) is 0 Å². The van der Waals surface area contributed by atoms with Crippen LogP contribution in [0.25, 0.3) is 0 Å². The monoisotopic (exact) mass is 248 g/mol. The summed E-state index contributed by atoms with van der Waals surface area (Å²) in [5.41, 5.74) is 0. The largest absolute Gasteiger partial charge is 0.194 e. The van der Waals surface area contributed by atoms with Crippen molar-refractivity contribution in [1.82, 2.24) is 0 Å². The molecule has 0 aliphatic heterocycles. The molecule has 4 heteroatoms. The third-order valence-electron chi connectivity index (χ3n) is 2.35. The van der Waals surface area contributed by atoms with Gasteiger partial charge >= 0.3 is 0 Å². The Bertz CT molecular complexity index is 140. The number of hydrogen-bond acceptors (Lipinski definition) is 0. The Morgan fingerprint density at radius 1 is 0.917 bits per heavy atom. The number of alkyl halides is 4. The molecule has 12 heavy (non-hydrogen) atoms. The summed E-state index contributed by atoms with van der Waals surface area (Å²) >= 11 is 23.6. The summed E-state index contributed by atoms with van der Waals surface area (Å²) in [6.07, 6.45) is 5.40. The molecule has 1 aliphatic carbocycles. The summed E-state index contributed by atoms with van der Waals surface area (Å²) in [5, 5.41) is 0.0278. The first-order valence-corrected chi connectivity index (χ1v) is 5.79. The zero-order valence-electron chi connectivity index (χ0n) is 6.70. The third kappa shape index (κ3) is 3.14. The van der Waals surface area contributed by atoms with Crippen molar-refractivity contribution in [3.8, 4) is 0 Å². The van der Waals surface area contributed by atoms with Gasteiger partial charge in [-0.25, -0.2) is 0 Å². The molecule has 0 aromatic heterocycles. The maximum absolute atomic E-state index is 6.12. The Balaban J connectivity index is 2.59. The third-order valence-corrected chi connectivity index (χ3v) is 3.72. The van der Waals surface area contributed by atoms with Crippen LogP contribution in [0, 0.1) is 5.92 Å². The first-order valence-electron chi connectivity index (χ1n) is 4.22. The van der Waals surface area contributed by atoms with E-state index in [2.05, 4.69) is 0 Å². The van der Waals surface area contributed by atoms with Crippen LogP contribution in [-0.2, 0) is 0 Å². The maximum atomic E-state index is 6.12. The van der Waals surface area contributed by atoms with E-state index in [-0.39, 0.29) is 11.3 Å². The SMILES string of the molecule is ClC1CCCCCC1C(Cl)(Cl)Cl. The quantitative estimate of drug-likeness (QED) is 0.437. The highest BCUT2D eigenvalue weighted by atomic mass is 35.6. The summed E-state index contributed by atoms with van der Waals surface area (Å²) in [4.78, 5) is 0. The predicted molar refractivity (Wildman–Crippen MR) is 56.5 cm³/mol. The Labute approximate surface area is 93.5 Å². The molecular formula is C8H12Cl4. The van der Waals surface area contributed by atoms with Gasteiger partial charge in [0, 0.05) is 11.3 Å². The molecule has 0 amide bonds. The molecule has 1 rings (SSSR count). The Morgan fingerprint density at radius 2 is 1.50 bits per heavy atom. The van der Waals surface area contributed by atoms with Gasteiger partial charge < -0.3 is 0 Å². The first-order chi connectivity index (χ1) is 5.52. The van der Waals surface area contributed by atoms with Crippen molar-refractivity contribution >= 4 is 46.4 Å². The van der Waals surface area contributed by atoms with Crippen molar-refractivity contribution in [2.45, 2.75) is 41.3 Å². The van der Waals surface area contributed by atoms with Crippen LogP contribution in [0.2, 0.25) is 0 Å². The summed E-state index contributed by atoms with van der Waals surface area (Å²) in [5.74, 6) is 0.0201. The minimum Gasteiger partial charge on any atom is -0.123 e. The van der Waals surface area contributed by atoms with Gasteiger partial charge in [0.25, 0.3) is 0 Å². The van der Waals surface area contributed by atoms with Gasteiger partial charge in [0.15, 0.2) is 3.79 Å².